The molecular formula is C15H16FNO2S2. The van der Waals surface area contributed by atoms with Gasteiger partial charge in [0.25, 0.3) is 0 Å². The highest BCUT2D eigenvalue weighted by atomic mass is 32.2. The Morgan fingerprint density at radius 2 is 2.05 bits per heavy atom. The molecule has 0 amide bonds. The van der Waals surface area contributed by atoms with E-state index in [-0.39, 0.29) is 23.4 Å². The van der Waals surface area contributed by atoms with Crippen LogP contribution in [0.25, 0.3) is 10.4 Å². The minimum atomic E-state index is -2.85. The van der Waals surface area contributed by atoms with E-state index in [1.54, 1.807) is 12.1 Å². The molecule has 1 N–H and O–H groups in total. The largest absolute Gasteiger partial charge is 0.308 e. The fraction of sp³-hybridized carbons (Fsp3) is 0.333. The first-order valence-corrected chi connectivity index (χ1v) is 9.45. The summed E-state index contributed by atoms with van der Waals surface area (Å²) in [4.78, 5) is 1.97. The second-order valence-corrected chi connectivity index (χ2v) is 8.62. The van der Waals surface area contributed by atoms with Crippen molar-refractivity contribution in [3.63, 3.8) is 0 Å². The minimum Gasteiger partial charge on any atom is -0.308 e. The van der Waals surface area contributed by atoms with E-state index >= 15 is 0 Å². The van der Waals surface area contributed by atoms with Gasteiger partial charge in [-0.15, -0.1) is 11.3 Å². The van der Waals surface area contributed by atoms with Crippen LogP contribution in [0.15, 0.2) is 36.4 Å². The van der Waals surface area contributed by atoms with Crippen molar-refractivity contribution in [2.75, 3.05) is 11.5 Å². The highest BCUT2D eigenvalue weighted by molar-refractivity contribution is 7.91. The molecule has 1 aromatic carbocycles. The Kier molecular flexibility index (Phi) is 4.10. The first-order chi connectivity index (χ1) is 10.0. The summed E-state index contributed by atoms with van der Waals surface area (Å²) in [6.45, 7) is 0.624. The van der Waals surface area contributed by atoms with Crippen molar-refractivity contribution in [2.24, 2.45) is 0 Å². The Morgan fingerprint density at radius 1 is 1.24 bits per heavy atom. The van der Waals surface area contributed by atoms with Gasteiger partial charge in [-0.05, 0) is 24.6 Å². The lowest BCUT2D eigenvalue weighted by Gasteiger charge is -2.08. The van der Waals surface area contributed by atoms with Gasteiger partial charge >= 0.3 is 0 Å². The zero-order chi connectivity index (χ0) is 14.9. The van der Waals surface area contributed by atoms with Crippen LogP contribution in [-0.4, -0.2) is 26.0 Å². The standard InChI is InChI=1S/C15H16FNO2S2/c16-14-4-2-1-3-13(14)15-6-5-12(20-15)9-17-11-7-8-21(18,19)10-11/h1-6,11,17H,7-10H2/t11-/m1/s1. The summed E-state index contributed by atoms with van der Waals surface area (Å²) >= 11 is 1.53. The summed E-state index contributed by atoms with van der Waals surface area (Å²) in [7, 11) is -2.85. The third-order valence-electron chi connectivity index (χ3n) is 3.60. The zero-order valence-corrected chi connectivity index (χ0v) is 13.0. The van der Waals surface area contributed by atoms with Gasteiger partial charge in [-0.2, -0.15) is 0 Å². The average Bonchev–Trinajstić information content (AvgIpc) is 3.03. The molecule has 3 nitrogen and oxygen atoms in total. The summed E-state index contributed by atoms with van der Waals surface area (Å²) in [5.41, 5.74) is 0.609. The zero-order valence-electron chi connectivity index (χ0n) is 11.4. The predicted molar refractivity (Wildman–Crippen MR) is 83.6 cm³/mol. The molecule has 1 aliphatic heterocycles. The maximum Gasteiger partial charge on any atom is 0.151 e. The van der Waals surface area contributed by atoms with E-state index in [4.69, 9.17) is 0 Å². The molecule has 0 radical (unpaired) electrons. The lowest BCUT2D eigenvalue weighted by molar-refractivity contribution is 0.557. The number of hydrogen-bond acceptors (Lipinski definition) is 4. The molecule has 2 heterocycles. The first kappa shape index (κ1) is 14.7. The van der Waals surface area contributed by atoms with Crippen LogP contribution in [-0.2, 0) is 16.4 Å². The summed E-state index contributed by atoms with van der Waals surface area (Å²) in [6.07, 6.45) is 0.674. The topological polar surface area (TPSA) is 46.2 Å². The molecule has 1 fully saturated rings. The lowest BCUT2D eigenvalue weighted by Crippen LogP contribution is -2.29. The van der Waals surface area contributed by atoms with Gasteiger partial charge in [-0.1, -0.05) is 18.2 Å². The van der Waals surface area contributed by atoms with Gasteiger partial charge in [0.15, 0.2) is 9.84 Å². The third kappa shape index (κ3) is 3.51. The van der Waals surface area contributed by atoms with E-state index in [1.165, 1.54) is 17.4 Å². The number of sulfone groups is 1. The molecule has 1 atom stereocenters. The van der Waals surface area contributed by atoms with Crippen LogP contribution in [0.2, 0.25) is 0 Å². The van der Waals surface area contributed by atoms with Crippen LogP contribution in [0.1, 0.15) is 11.3 Å². The lowest BCUT2D eigenvalue weighted by atomic mass is 10.2. The van der Waals surface area contributed by atoms with Crippen molar-refractivity contribution < 1.29 is 12.8 Å². The van der Waals surface area contributed by atoms with Crippen molar-refractivity contribution in [2.45, 2.75) is 19.0 Å². The Hall–Kier alpha value is -1.24. The van der Waals surface area contributed by atoms with Crippen LogP contribution >= 0.6 is 11.3 Å². The summed E-state index contributed by atoms with van der Waals surface area (Å²) in [5.74, 6) is 0.273. The van der Waals surface area contributed by atoms with Crippen LogP contribution < -0.4 is 5.32 Å². The van der Waals surface area contributed by atoms with E-state index in [2.05, 4.69) is 5.32 Å². The van der Waals surface area contributed by atoms with Crippen molar-refractivity contribution in [3.8, 4) is 10.4 Å². The van der Waals surface area contributed by atoms with Crippen molar-refractivity contribution in [1.82, 2.24) is 5.32 Å². The number of thiophene rings is 1. The van der Waals surface area contributed by atoms with Crippen LogP contribution in [0.4, 0.5) is 4.39 Å². The third-order valence-corrected chi connectivity index (χ3v) is 6.48. The van der Waals surface area contributed by atoms with E-state index in [0.29, 0.717) is 18.5 Å². The predicted octanol–water partition coefficient (Wildman–Crippen LogP) is 2.83. The molecule has 1 aromatic heterocycles. The maximum absolute atomic E-state index is 13.7. The fourth-order valence-corrected chi connectivity index (χ4v) is 5.17. The van der Waals surface area contributed by atoms with Crippen LogP contribution in [0, 0.1) is 5.82 Å². The Morgan fingerprint density at radius 3 is 2.76 bits per heavy atom. The minimum absolute atomic E-state index is 0.0361. The molecule has 3 rings (SSSR count). The number of halogens is 1. The molecular weight excluding hydrogens is 309 g/mol. The fourth-order valence-electron chi connectivity index (χ4n) is 2.48. The number of benzene rings is 1. The van der Waals surface area contributed by atoms with Crippen molar-refractivity contribution >= 4 is 21.2 Å². The van der Waals surface area contributed by atoms with E-state index in [9.17, 15) is 12.8 Å². The van der Waals surface area contributed by atoms with Gasteiger partial charge in [0, 0.05) is 27.9 Å². The maximum atomic E-state index is 13.7. The molecule has 21 heavy (non-hydrogen) atoms. The van der Waals surface area contributed by atoms with E-state index < -0.39 is 9.84 Å². The van der Waals surface area contributed by atoms with E-state index in [0.717, 1.165) is 9.75 Å². The van der Waals surface area contributed by atoms with Gasteiger partial charge in [-0.25, -0.2) is 12.8 Å². The summed E-state index contributed by atoms with van der Waals surface area (Å²) in [6, 6.07) is 10.6. The molecule has 0 saturated carbocycles. The molecule has 1 saturated heterocycles. The Labute approximate surface area is 127 Å². The molecule has 6 heteroatoms. The molecule has 0 bridgehead atoms. The van der Waals surface area contributed by atoms with Crippen LogP contribution in [0.3, 0.4) is 0 Å². The first-order valence-electron chi connectivity index (χ1n) is 6.81. The number of nitrogens with one attached hydrogen (secondary N) is 1. The summed E-state index contributed by atoms with van der Waals surface area (Å²) < 4.78 is 36.5. The Bertz CT molecular complexity index is 740. The molecule has 0 aliphatic carbocycles. The van der Waals surface area contributed by atoms with Gasteiger partial charge in [0.05, 0.1) is 11.5 Å². The molecule has 0 spiro atoms. The highest BCUT2D eigenvalue weighted by Gasteiger charge is 2.27. The molecule has 0 unspecified atom stereocenters. The molecule has 1 aliphatic rings. The number of hydrogen-bond donors (Lipinski definition) is 1. The quantitative estimate of drug-likeness (QED) is 0.940. The second kappa shape index (κ2) is 5.87. The summed E-state index contributed by atoms with van der Waals surface area (Å²) in [5, 5.41) is 3.27. The van der Waals surface area contributed by atoms with Crippen LogP contribution in [0.5, 0.6) is 0 Å². The smallest absolute Gasteiger partial charge is 0.151 e. The van der Waals surface area contributed by atoms with Gasteiger partial charge in [0.1, 0.15) is 5.82 Å². The van der Waals surface area contributed by atoms with Gasteiger partial charge in [0.2, 0.25) is 0 Å². The van der Waals surface area contributed by atoms with Crippen molar-refractivity contribution in [1.29, 1.82) is 0 Å². The van der Waals surface area contributed by atoms with E-state index in [1.807, 2.05) is 18.2 Å². The normalized spacial score (nSPS) is 20.7. The van der Waals surface area contributed by atoms with Gasteiger partial charge < -0.3 is 5.32 Å². The van der Waals surface area contributed by atoms with Gasteiger partial charge in [-0.3, -0.25) is 0 Å². The highest BCUT2D eigenvalue weighted by Crippen LogP contribution is 2.30. The second-order valence-electron chi connectivity index (χ2n) is 5.23. The monoisotopic (exact) mass is 325 g/mol. The molecule has 112 valence electrons. The Balaban J connectivity index is 1.65. The number of rotatable bonds is 4. The average molecular weight is 325 g/mol. The SMILES string of the molecule is O=S1(=O)CC[C@@H](NCc2ccc(-c3ccccc3F)s2)C1. The van der Waals surface area contributed by atoms with Crippen molar-refractivity contribution in [3.05, 3.63) is 47.1 Å². The molecule has 2 aromatic rings.